The van der Waals surface area contributed by atoms with Crippen molar-refractivity contribution >= 4 is 5.97 Å². The minimum atomic E-state index is -0.149. The number of nitrogens with one attached hydrogen (secondary N) is 1. The van der Waals surface area contributed by atoms with Crippen molar-refractivity contribution in [3.8, 4) is 5.75 Å². The fourth-order valence-electron chi connectivity index (χ4n) is 1.86. The van der Waals surface area contributed by atoms with Gasteiger partial charge in [0.25, 0.3) is 0 Å². The van der Waals surface area contributed by atoms with Gasteiger partial charge in [0.15, 0.2) is 0 Å². The number of ether oxygens (including phenoxy) is 2. The molecule has 0 bridgehead atoms. The molecule has 1 N–H and O–H groups in total. The monoisotopic (exact) mass is 277 g/mol. The lowest BCUT2D eigenvalue weighted by Gasteiger charge is -2.07. The highest BCUT2D eigenvalue weighted by atomic mass is 16.5. The summed E-state index contributed by atoms with van der Waals surface area (Å²) in [6, 6.07) is 8.12. The summed E-state index contributed by atoms with van der Waals surface area (Å²) in [4.78, 5) is 11.2. The molecule has 0 atom stereocenters. The number of carbonyl (C=O) groups excluding carboxylic acids is 1. The number of hydrogen-bond acceptors (Lipinski definition) is 4. The normalized spacial score (nSPS) is 14.1. The van der Waals surface area contributed by atoms with Crippen LogP contribution in [0.3, 0.4) is 0 Å². The van der Waals surface area contributed by atoms with Gasteiger partial charge in [-0.1, -0.05) is 12.1 Å². The van der Waals surface area contributed by atoms with Crippen LogP contribution in [0.5, 0.6) is 5.75 Å². The largest absolute Gasteiger partial charge is 0.493 e. The predicted octanol–water partition coefficient (Wildman–Crippen LogP) is 2.52. The molecule has 1 saturated carbocycles. The molecule has 110 valence electrons. The summed E-state index contributed by atoms with van der Waals surface area (Å²) in [7, 11) is 0. The third-order valence-corrected chi connectivity index (χ3v) is 3.25. The van der Waals surface area contributed by atoms with E-state index in [4.69, 9.17) is 9.47 Å². The zero-order valence-corrected chi connectivity index (χ0v) is 12.1. The Kier molecular flexibility index (Phi) is 5.87. The first-order chi connectivity index (χ1) is 9.78. The van der Waals surface area contributed by atoms with Crippen molar-refractivity contribution in [2.24, 2.45) is 5.92 Å². The zero-order chi connectivity index (χ0) is 14.2. The van der Waals surface area contributed by atoms with Crippen molar-refractivity contribution in [3.05, 3.63) is 29.8 Å². The first-order valence-electron chi connectivity index (χ1n) is 7.36. The topological polar surface area (TPSA) is 47.6 Å². The lowest BCUT2D eigenvalue weighted by atomic mass is 10.2. The average molecular weight is 277 g/mol. The maximum Gasteiger partial charge on any atom is 0.307 e. The molecule has 4 nitrogen and oxygen atoms in total. The molecular weight excluding hydrogens is 254 g/mol. The van der Waals surface area contributed by atoms with Gasteiger partial charge >= 0.3 is 5.97 Å². The highest BCUT2D eigenvalue weighted by Gasteiger charge is 2.21. The quantitative estimate of drug-likeness (QED) is 0.556. The fourth-order valence-corrected chi connectivity index (χ4v) is 1.86. The summed E-state index contributed by atoms with van der Waals surface area (Å²) in [5.41, 5.74) is 1.19. The van der Waals surface area contributed by atoms with Crippen molar-refractivity contribution in [2.75, 3.05) is 19.8 Å². The maximum atomic E-state index is 11.2. The molecule has 0 spiro atoms. The molecule has 1 aliphatic carbocycles. The van der Waals surface area contributed by atoms with Gasteiger partial charge in [0.05, 0.1) is 19.6 Å². The summed E-state index contributed by atoms with van der Waals surface area (Å²) in [5.74, 6) is 1.57. The first-order valence-corrected chi connectivity index (χ1v) is 7.36. The summed E-state index contributed by atoms with van der Waals surface area (Å²) in [6.07, 6.45) is 3.03. The molecule has 1 aromatic carbocycles. The van der Waals surface area contributed by atoms with Crippen LogP contribution in [0.4, 0.5) is 0 Å². The Morgan fingerprint density at radius 2 is 2.05 bits per heavy atom. The number of benzene rings is 1. The summed E-state index contributed by atoms with van der Waals surface area (Å²) in [5, 5.41) is 3.23. The standard InChI is InChI=1S/C16H23NO3/c1-2-19-16(18)9-10-17-11-13-5-7-15(8-6-13)20-12-14-3-4-14/h5-8,14,17H,2-4,9-12H2,1H3. The van der Waals surface area contributed by atoms with E-state index in [1.165, 1.54) is 18.4 Å². The van der Waals surface area contributed by atoms with E-state index in [1.54, 1.807) is 0 Å². The van der Waals surface area contributed by atoms with E-state index in [9.17, 15) is 4.79 Å². The van der Waals surface area contributed by atoms with E-state index < -0.39 is 0 Å². The summed E-state index contributed by atoms with van der Waals surface area (Å²) >= 11 is 0. The van der Waals surface area contributed by atoms with Crippen LogP contribution in [0.15, 0.2) is 24.3 Å². The molecule has 0 radical (unpaired) electrons. The third kappa shape index (κ3) is 5.61. The van der Waals surface area contributed by atoms with Crippen molar-refractivity contribution in [2.45, 2.75) is 32.7 Å². The van der Waals surface area contributed by atoms with E-state index in [-0.39, 0.29) is 5.97 Å². The Bertz CT molecular complexity index is 412. The Morgan fingerprint density at radius 1 is 1.30 bits per heavy atom. The van der Waals surface area contributed by atoms with Crippen LogP contribution in [0.1, 0.15) is 31.7 Å². The van der Waals surface area contributed by atoms with Crippen LogP contribution in [0.2, 0.25) is 0 Å². The number of esters is 1. The Labute approximate surface area is 120 Å². The van der Waals surface area contributed by atoms with Gasteiger partial charge in [0, 0.05) is 13.1 Å². The molecule has 1 aromatic rings. The molecule has 20 heavy (non-hydrogen) atoms. The molecule has 0 heterocycles. The van der Waals surface area contributed by atoms with Gasteiger partial charge in [0.1, 0.15) is 5.75 Å². The van der Waals surface area contributed by atoms with Gasteiger partial charge in [-0.25, -0.2) is 0 Å². The smallest absolute Gasteiger partial charge is 0.307 e. The van der Waals surface area contributed by atoms with Gasteiger partial charge in [0.2, 0.25) is 0 Å². The number of hydrogen-bond donors (Lipinski definition) is 1. The Morgan fingerprint density at radius 3 is 2.70 bits per heavy atom. The van der Waals surface area contributed by atoms with E-state index in [2.05, 4.69) is 17.4 Å². The highest BCUT2D eigenvalue weighted by Crippen LogP contribution is 2.29. The molecule has 1 aliphatic rings. The summed E-state index contributed by atoms with van der Waals surface area (Å²) in [6.45, 7) is 4.50. The van der Waals surface area contributed by atoms with E-state index in [1.807, 2.05) is 19.1 Å². The van der Waals surface area contributed by atoms with Gasteiger partial charge in [-0.2, -0.15) is 0 Å². The molecule has 0 unspecified atom stereocenters. The molecule has 0 aliphatic heterocycles. The maximum absolute atomic E-state index is 11.2. The molecule has 2 rings (SSSR count). The van der Waals surface area contributed by atoms with E-state index >= 15 is 0 Å². The molecule has 4 heteroatoms. The van der Waals surface area contributed by atoms with Crippen LogP contribution in [0.25, 0.3) is 0 Å². The molecule has 0 saturated heterocycles. The zero-order valence-electron chi connectivity index (χ0n) is 12.1. The molecule has 0 aromatic heterocycles. The minimum Gasteiger partial charge on any atom is -0.493 e. The van der Waals surface area contributed by atoms with Crippen LogP contribution < -0.4 is 10.1 Å². The highest BCUT2D eigenvalue weighted by molar-refractivity contribution is 5.69. The number of rotatable bonds is 9. The molecular formula is C16H23NO3. The minimum absolute atomic E-state index is 0.149. The van der Waals surface area contributed by atoms with Gasteiger partial charge in [-0.05, 0) is 43.4 Å². The van der Waals surface area contributed by atoms with E-state index in [0.717, 1.165) is 24.8 Å². The van der Waals surface area contributed by atoms with Crippen molar-refractivity contribution in [1.82, 2.24) is 5.32 Å². The predicted molar refractivity (Wildman–Crippen MR) is 77.6 cm³/mol. The van der Waals surface area contributed by atoms with Crippen molar-refractivity contribution in [3.63, 3.8) is 0 Å². The fraction of sp³-hybridized carbons (Fsp3) is 0.562. The van der Waals surface area contributed by atoms with Gasteiger partial charge in [-0.3, -0.25) is 4.79 Å². The summed E-state index contributed by atoms with van der Waals surface area (Å²) < 4.78 is 10.6. The van der Waals surface area contributed by atoms with Crippen molar-refractivity contribution < 1.29 is 14.3 Å². The average Bonchev–Trinajstić information content (AvgIpc) is 3.27. The second kappa shape index (κ2) is 7.90. The van der Waals surface area contributed by atoms with Crippen molar-refractivity contribution in [1.29, 1.82) is 0 Å². The lowest BCUT2D eigenvalue weighted by Crippen LogP contribution is -2.19. The second-order valence-corrected chi connectivity index (χ2v) is 5.13. The van der Waals surface area contributed by atoms with E-state index in [0.29, 0.717) is 19.6 Å². The van der Waals surface area contributed by atoms with Crippen LogP contribution in [-0.4, -0.2) is 25.7 Å². The first kappa shape index (κ1) is 14.9. The number of carbonyl (C=O) groups is 1. The van der Waals surface area contributed by atoms with Crippen LogP contribution >= 0.6 is 0 Å². The third-order valence-electron chi connectivity index (χ3n) is 3.25. The van der Waals surface area contributed by atoms with Gasteiger partial charge < -0.3 is 14.8 Å². The lowest BCUT2D eigenvalue weighted by molar-refractivity contribution is -0.142. The molecule has 1 fully saturated rings. The molecule has 0 amide bonds. The SMILES string of the molecule is CCOC(=O)CCNCc1ccc(OCC2CC2)cc1. The van der Waals surface area contributed by atoms with Gasteiger partial charge in [-0.15, -0.1) is 0 Å². The Balaban J connectivity index is 1.61. The van der Waals surface area contributed by atoms with Crippen LogP contribution in [-0.2, 0) is 16.1 Å². The van der Waals surface area contributed by atoms with Crippen LogP contribution in [0, 0.1) is 5.92 Å². The second-order valence-electron chi connectivity index (χ2n) is 5.13. The Hall–Kier alpha value is -1.55.